The van der Waals surface area contributed by atoms with Crippen LogP contribution >= 0.6 is 0 Å². The molecule has 0 aliphatic rings. The molecule has 0 aliphatic heterocycles. The van der Waals surface area contributed by atoms with Crippen LogP contribution in [0.3, 0.4) is 0 Å². The van der Waals surface area contributed by atoms with Gasteiger partial charge < -0.3 is 0 Å². The van der Waals surface area contributed by atoms with Gasteiger partial charge in [-0.3, -0.25) is 0 Å². The van der Waals surface area contributed by atoms with Crippen molar-refractivity contribution in [2.45, 2.75) is 17.5 Å². The van der Waals surface area contributed by atoms with Crippen LogP contribution in [0.2, 0.25) is 17.5 Å². The van der Waals surface area contributed by atoms with Crippen molar-refractivity contribution in [2.75, 3.05) is 0 Å². The van der Waals surface area contributed by atoms with Crippen LogP contribution < -0.4 is 0 Å². The Kier molecular flexibility index (Phi) is 9.57. The molecule has 0 unspecified atom stereocenters. The summed E-state index contributed by atoms with van der Waals surface area (Å²) in [6.07, 6.45) is 0. The number of hydrogen-bond donors (Lipinski definition) is 0. The molecule has 0 nitrogen and oxygen atoms in total. The summed E-state index contributed by atoms with van der Waals surface area (Å²) in [6.45, 7) is 0. The van der Waals surface area contributed by atoms with E-state index in [1.807, 2.05) is 0 Å². The molecule has 0 heterocycles. The molecule has 0 aromatic carbocycles. The van der Waals surface area contributed by atoms with Crippen molar-refractivity contribution in [1.82, 2.24) is 0 Å². The van der Waals surface area contributed by atoms with Gasteiger partial charge in [-0.05, 0) is 0 Å². The van der Waals surface area contributed by atoms with Gasteiger partial charge in [0.15, 0.2) is 0 Å². The molecule has 0 saturated heterocycles. The second-order valence-corrected chi connectivity index (χ2v) is 6.36. The predicted molar refractivity (Wildman–Crippen MR) is 29.1 cm³/mol. The van der Waals surface area contributed by atoms with Gasteiger partial charge in [-0.25, -0.2) is 0 Å². The molecule has 0 rings (SSSR count). The van der Waals surface area contributed by atoms with E-state index < -0.39 is 0 Å². The molecule has 32 valence electrons. The Balaban J connectivity index is 0. The van der Waals surface area contributed by atoms with Gasteiger partial charge in [-0.1, -0.05) is 0 Å². The van der Waals surface area contributed by atoms with Crippen molar-refractivity contribution >= 4 is 31.9 Å². The van der Waals surface area contributed by atoms with Crippen LogP contribution in [-0.4, -0.2) is 31.9 Å². The molecule has 0 bridgehead atoms. The van der Waals surface area contributed by atoms with Crippen molar-refractivity contribution in [3.05, 3.63) is 0 Å². The summed E-state index contributed by atoms with van der Waals surface area (Å²) in [4.78, 5) is 0. The van der Waals surface area contributed by atoms with Crippen molar-refractivity contribution in [1.29, 1.82) is 0 Å². The molecule has 0 atom stereocenters. The molecule has 0 saturated carbocycles. The molecule has 0 aromatic rings. The van der Waals surface area contributed by atoms with E-state index in [4.69, 9.17) is 0 Å². The molecule has 4 radical (unpaired) electrons. The van der Waals surface area contributed by atoms with Crippen LogP contribution in [0.4, 0.5) is 0 Å². The number of hydrogen-bond acceptors (Lipinski definition) is 0. The van der Waals surface area contributed by atoms with Crippen LogP contribution in [0.25, 0.3) is 0 Å². The Labute approximate surface area is 49.5 Å². The maximum Gasteiger partial charge on any atom is 0 e. The Morgan fingerprint density at radius 2 is 1.00 bits per heavy atom. The fourth-order valence-corrected chi connectivity index (χ4v) is 0. The van der Waals surface area contributed by atoms with Crippen molar-refractivity contribution in [3.63, 3.8) is 0 Å². The summed E-state index contributed by atoms with van der Waals surface area (Å²) in [5.41, 5.74) is 0. The third-order valence-electron chi connectivity index (χ3n) is 0. The van der Waals surface area contributed by atoms with Crippen LogP contribution in [0.15, 0.2) is 0 Å². The predicted octanol–water partition coefficient (Wildman–Crippen LogP) is 0.990. The van der Waals surface area contributed by atoms with Crippen LogP contribution in [0.1, 0.15) is 0 Å². The molecule has 5 heavy (non-hydrogen) atoms. The first-order chi connectivity index (χ1) is 1.73. The first-order valence-electron chi connectivity index (χ1n) is 1.22. The normalized spacial score (nSPS) is 7.20. The molecular formula is C3H9AsSe. The zero-order chi connectivity index (χ0) is 3.58. The summed E-state index contributed by atoms with van der Waals surface area (Å²) < 4.78 is 0. The average molecular weight is 199 g/mol. The monoisotopic (exact) mass is 200 g/mol. The first-order valence-corrected chi connectivity index (χ1v) is 6.36. The van der Waals surface area contributed by atoms with Crippen molar-refractivity contribution < 1.29 is 0 Å². The number of rotatable bonds is 0. The van der Waals surface area contributed by atoms with Gasteiger partial charge in [0.25, 0.3) is 0 Å². The first kappa shape index (κ1) is 9.42. The molecule has 0 spiro atoms. The molecular weight excluding hydrogens is 190 g/mol. The SMILES string of the molecule is C[Se](C)C.[As]. The molecule has 0 N–H and O–H groups in total. The van der Waals surface area contributed by atoms with E-state index in [-0.39, 0.29) is 31.9 Å². The summed E-state index contributed by atoms with van der Waals surface area (Å²) in [7, 11) is 0. The third-order valence-corrected chi connectivity index (χ3v) is 0. The minimum absolute atomic E-state index is 0. The van der Waals surface area contributed by atoms with Gasteiger partial charge in [0.05, 0.1) is 0 Å². The second kappa shape index (κ2) is 5.08. The summed E-state index contributed by atoms with van der Waals surface area (Å²) in [6, 6.07) is 0. The topological polar surface area (TPSA) is 0 Å². The standard InChI is InChI=1S/C3H9Se.As/c1-4(2)3;/h1-3H3;. The maximum absolute atomic E-state index is 2.29. The zero-order valence-corrected chi connectivity index (χ0v) is 7.45. The van der Waals surface area contributed by atoms with E-state index >= 15 is 0 Å². The Hall–Kier alpha value is 1.08. The van der Waals surface area contributed by atoms with Gasteiger partial charge in [-0.2, -0.15) is 0 Å². The van der Waals surface area contributed by atoms with Gasteiger partial charge in [0, 0.05) is 18.0 Å². The minimum atomic E-state index is -0.0417. The van der Waals surface area contributed by atoms with E-state index in [2.05, 4.69) is 17.5 Å². The van der Waals surface area contributed by atoms with Crippen LogP contribution in [-0.2, 0) is 0 Å². The fraction of sp³-hybridized carbons (Fsp3) is 1.00. The summed E-state index contributed by atoms with van der Waals surface area (Å²) in [5.74, 6) is 6.88. The Morgan fingerprint density at radius 3 is 1.00 bits per heavy atom. The Bertz CT molecular complexity index is 11.6. The minimum Gasteiger partial charge on any atom is 0 e. The van der Waals surface area contributed by atoms with Crippen LogP contribution in [0, 0.1) is 0 Å². The fourth-order valence-electron chi connectivity index (χ4n) is 0. The zero-order valence-electron chi connectivity index (χ0n) is 3.86. The van der Waals surface area contributed by atoms with E-state index in [1.54, 1.807) is 0 Å². The maximum atomic E-state index is 2.29. The summed E-state index contributed by atoms with van der Waals surface area (Å²) >= 11 is -0.0417. The van der Waals surface area contributed by atoms with Gasteiger partial charge in [0.1, 0.15) is 0 Å². The molecule has 0 aromatic heterocycles. The van der Waals surface area contributed by atoms with E-state index in [1.165, 1.54) is 0 Å². The van der Waals surface area contributed by atoms with Crippen molar-refractivity contribution in [2.24, 2.45) is 0 Å². The molecule has 2 heteroatoms. The third kappa shape index (κ3) is 41.4. The van der Waals surface area contributed by atoms with Gasteiger partial charge in [-0.15, -0.1) is 0 Å². The quantitative estimate of drug-likeness (QED) is 0.510. The van der Waals surface area contributed by atoms with E-state index in [0.717, 1.165) is 0 Å². The average Bonchev–Trinajstić information content (AvgIpc) is 0.811. The van der Waals surface area contributed by atoms with Gasteiger partial charge >= 0.3 is 31.4 Å². The van der Waals surface area contributed by atoms with E-state index in [9.17, 15) is 0 Å². The van der Waals surface area contributed by atoms with E-state index in [0.29, 0.717) is 0 Å². The van der Waals surface area contributed by atoms with Crippen molar-refractivity contribution in [3.8, 4) is 0 Å². The molecule has 0 amide bonds. The summed E-state index contributed by atoms with van der Waals surface area (Å²) in [5, 5.41) is 0. The van der Waals surface area contributed by atoms with Gasteiger partial charge in [0.2, 0.25) is 0 Å². The Morgan fingerprint density at radius 1 is 1.00 bits per heavy atom. The van der Waals surface area contributed by atoms with Crippen LogP contribution in [0.5, 0.6) is 0 Å². The second-order valence-electron chi connectivity index (χ2n) is 1.22. The largest absolute Gasteiger partial charge is 0 e. The smallest absolute Gasteiger partial charge is 0 e. The molecule has 0 fully saturated rings. The molecule has 0 aliphatic carbocycles.